The van der Waals surface area contributed by atoms with Crippen LogP contribution in [-0.2, 0) is 21.3 Å². The van der Waals surface area contributed by atoms with Crippen molar-refractivity contribution in [2.75, 3.05) is 5.88 Å². The molecule has 5 nitrogen and oxygen atoms in total. The Morgan fingerprint density at radius 3 is 2.12 bits per heavy atom. The highest BCUT2D eigenvalue weighted by Crippen LogP contribution is 2.08. The van der Waals surface area contributed by atoms with Crippen LogP contribution in [0, 0.1) is 0 Å². The molecule has 1 aliphatic rings. The van der Waals surface area contributed by atoms with Gasteiger partial charge in [-0.15, -0.1) is 0 Å². The minimum absolute atomic E-state index is 0.358. The Balaban J connectivity index is 3.00. The third-order valence-corrected chi connectivity index (χ3v) is 3.38. The van der Waals surface area contributed by atoms with E-state index in [1.54, 1.807) is 0 Å². The van der Waals surface area contributed by atoms with Crippen molar-refractivity contribution in [1.29, 1.82) is 0 Å². The summed E-state index contributed by atoms with van der Waals surface area (Å²) >= 11 is -2.58. The van der Waals surface area contributed by atoms with Gasteiger partial charge in [-0.25, -0.2) is 8.42 Å². The average Bonchev–Trinajstić information content (AvgIpc) is 2.13. The van der Waals surface area contributed by atoms with E-state index in [1.165, 1.54) is 0 Å². The summed E-state index contributed by atoms with van der Waals surface area (Å²) in [5.74, 6) is -0.358. The summed E-state index contributed by atoms with van der Waals surface area (Å²) in [5.41, 5.74) is 0. The summed E-state index contributed by atoms with van der Waals surface area (Å²) in [7, 11) is -3.34. The zero-order valence-electron chi connectivity index (χ0n) is 3.60. The quantitative estimate of drug-likeness (QED) is 0.337. The highest BCUT2D eigenvalue weighted by atomic mass is 32.3. The lowest BCUT2D eigenvalue weighted by atomic mass is 11.6. The summed E-state index contributed by atoms with van der Waals surface area (Å²) in [6, 6.07) is 0. The van der Waals surface area contributed by atoms with Crippen molar-refractivity contribution in [2.45, 2.75) is 0 Å². The molecule has 1 aliphatic heterocycles. The first-order valence-electron chi connectivity index (χ1n) is 1.64. The molecule has 0 spiro atoms. The second kappa shape index (κ2) is 1.50. The molecule has 0 bridgehead atoms. The second-order valence-electron chi connectivity index (χ2n) is 1.26. The van der Waals surface area contributed by atoms with Crippen molar-refractivity contribution in [3.05, 3.63) is 0 Å². The van der Waals surface area contributed by atoms with Crippen LogP contribution in [0.3, 0.4) is 0 Å². The van der Waals surface area contributed by atoms with Crippen molar-refractivity contribution in [3.8, 4) is 0 Å². The normalized spacial score (nSPS) is 39.5. The van der Waals surface area contributed by atoms with Crippen molar-refractivity contribution < 1.29 is 20.9 Å². The van der Waals surface area contributed by atoms with E-state index in [4.69, 9.17) is 0 Å². The molecule has 0 N–H and O–H groups in total. The summed E-state index contributed by atoms with van der Waals surface area (Å²) < 4.78 is 39.9. The van der Waals surface area contributed by atoms with E-state index in [9.17, 15) is 17.5 Å². The van der Waals surface area contributed by atoms with Crippen LogP contribution < -0.4 is 0 Å². The summed E-state index contributed by atoms with van der Waals surface area (Å²) in [4.78, 5) is 0. The van der Waals surface area contributed by atoms with Crippen LogP contribution in [0.1, 0.15) is 0 Å². The van der Waals surface area contributed by atoms with Gasteiger partial charge >= 0.3 is 0 Å². The molecule has 0 radical (unpaired) electrons. The summed E-state index contributed by atoms with van der Waals surface area (Å²) in [6.07, 6.45) is 0. The molecule has 2 atom stereocenters. The maximum Gasteiger partial charge on any atom is 0.273 e. The van der Waals surface area contributed by atoms with Crippen molar-refractivity contribution in [1.82, 2.24) is 0 Å². The Morgan fingerprint density at radius 2 is 2.12 bits per heavy atom. The van der Waals surface area contributed by atoms with Gasteiger partial charge in [-0.3, -0.25) is 0 Å². The van der Waals surface area contributed by atoms with Crippen molar-refractivity contribution in [3.63, 3.8) is 0 Å². The summed E-state index contributed by atoms with van der Waals surface area (Å²) in [5, 5.41) is 0. The largest absolute Gasteiger partial charge is 0.724 e. The molecule has 48 valence electrons. The zero-order valence-corrected chi connectivity index (χ0v) is 5.24. The first-order chi connectivity index (χ1) is 3.54. The van der Waals surface area contributed by atoms with Gasteiger partial charge in [0.2, 0.25) is 11.3 Å². The second-order valence-corrected chi connectivity index (χ2v) is 4.23. The molecule has 8 heavy (non-hydrogen) atoms. The molecule has 0 saturated carbocycles. The minimum Gasteiger partial charge on any atom is -0.724 e. The van der Waals surface area contributed by atoms with E-state index in [0.717, 1.165) is 0 Å². The molecule has 0 fully saturated rings. The fourth-order valence-electron chi connectivity index (χ4n) is 0.245. The van der Waals surface area contributed by atoms with Crippen LogP contribution in [0.4, 0.5) is 0 Å². The molecule has 0 aromatic carbocycles. The Labute approximate surface area is 48.7 Å². The fourth-order valence-corrected chi connectivity index (χ4v) is 2.21. The van der Waals surface area contributed by atoms with Crippen LogP contribution in [-0.4, -0.2) is 26.8 Å². The first-order valence-corrected chi connectivity index (χ1v) is 4.28. The van der Waals surface area contributed by atoms with Crippen LogP contribution in [0.25, 0.3) is 0 Å². The van der Waals surface area contributed by atoms with Gasteiger partial charge in [0.05, 0.1) is 0 Å². The highest BCUT2D eigenvalue weighted by molar-refractivity contribution is 7.94. The molecular weight excluding hydrogens is 154 g/mol. The van der Waals surface area contributed by atoms with Crippen LogP contribution in [0.15, 0.2) is 0 Å². The molecule has 0 aromatic rings. The van der Waals surface area contributed by atoms with Gasteiger partial charge in [0.25, 0.3) is 5.88 Å². The van der Waals surface area contributed by atoms with Gasteiger partial charge in [-0.05, 0) is 0 Å². The predicted molar refractivity (Wildman–Crippen MR) is 23.0 cm³/mol. The van der Waals surface area contributed by atoms with E-state index in [1.807, 2.05) is 0 Å². The fraction of sp³-hybridized carbons (Fsp3) is 1.00. The first kappa shape index (κ1) is 6.14. The Hall–Kier alpha value is 0.0200. The lowest BCUT2D eigenvalue weighted by molar-refractivity contribution is -0.257. The number of nitrogens with zero attached hydrogens (tertiary/aromatic N) is 1. The number of rotatable bonds is 1. The highest BCUT2D eigenvalue weighted by Gasteiger charge is 2.32. The molecule has 0 aromatic heterocycles. The predicted octanol–water partition coefficient (Wildman–Crippen LogP) is -1.64. The zero-order chi connectivity index (χ0) is 6.36. The lowest BCUT2D eigenvalue weighted by Crippen LogP contribution is -1.94. The van der Waals surface area contributed by atoms with E-state index >= 15 is 0 Å². The molecule has 0 amide bonds. The minimum atomic E-state index is -3.34. The van der Waals surface area contributed by atoms with E-state index in [0.29, 0.717) is 3.35 Å². The van der Waals surface area contributed by atoms with Crippen LogP contribution in [0.5, 0.6) is 0 Å². The standard InChI is InChI=1S/CH3NO4S2/c3-7(4)2-1-8(2,5)6/h1H2,(H,3,4)/p-1. The molecule has 0 aliphatic carbocycles. The molecule has 7 heteroatoms. The maximum absolute atomic E-state index is 10.0. The van der Waals surface area contributed by atoms with Gasteiger partial charge in [-0.1, -0.05) is 3.35 Å². The lowest BCUT2D eigenvalue weighted by Gasteiger charge is -1.84. The molecule has 0 saturated heterocycles. The van der Waals surface area contributed by atoms with Gasteiger partial charge in [0, 0.05) is 0 Å². The van der Waals surface area contributed by atoms with Crippen molar-refractivity contribution in [2.24, 2.45) is 0 Å². The maximum atomic E-state index is 10.0. The average molecular weight is 156 g/mol. The molecule has 2 unspecified atom stereocenters. The topological polar surface area (TPSA) is 83.3 Å². The Morgan fingerprint density at radius 1 is 1.75 bits per heavy atom. The van der Waals surface area contributed by atoms with E-state index < -0.39 is 21.3 Å². The van der Waals surface area contributed by atoms with Gasteiger partial charge in [0.15, 0.2) is 10.0 Å². The third kappa shape index (κ3) is 0.895. The van der Waals surface area contributed by atoms with Gasteiger partial charge < -0.3 is 9.11 Å². The summed E-state index contributed by atoms with van der Waals surface area (Å²) in [6.45, 7) is 0. The molecule has 1 heterocycles. The van der Waals surface area contributed by atoms with Crippen LogP contribution in [0.2, 0.25) is 0 Å². The van der Waals surface area contributed by atoms with Gasteiger partial charge in [-0.2, -0.15) is 0 Å². The Bertz CT molecular complexity index is 247. The smallest absolute Gasteiger partial charge is 0.273 e. The Kier molecular flexibility index (Phi) is 1.15. The van der Waals surface area contributed by atoms with Gasteiger partial charge in [0.1, 0.15) is 0 Å². The third-order valence-electron chi connectivity index (χ3n) is 0.672. The number of hydrogen-bond donors (Lipinski definition) is 0. The number of hydrogen-bond acceptors (Lipinski definition) is 4. The van der Waals surface area contributed by atoms with E-state index in [-0.39, 0.29) is 5.88 Å². The van der Waals surface area contributed by atoms with Crippen molar-refractivity contribution >= 4 is 21.3 Å². The molecular formula is CH2NO4S2-. The SMILES string of the molecule is O=S([O-])[N+]1=S(=O)([O-])C1. The molecule has 1 rings (SSSR count). The van der Waals surface area contributed by atoms with Crippen LogP contribution >= 0.6 is 0 Å². The van der Waals surface area contributed by atoms with E-state index in [2.05, 4.69) is 0 Å². The monoisotopic (exact) mass is 156 g/mol.